The average Bonchev–Trinajstić information content (AvgIpc) is 2.82. The highest BCUT2D eigenvalue weighted by atomic mass is 16.5. The van der Waals surface area contributed by atoms with Crippen molar-refractivity contribution in [2.45, 2.75) is 6.61 Å². The first-order chi connectivity index (χ1) is 8.72. The topological polar surface area (TPSA) is 53.4 Å². The van der Waals surface area contributed by atoms with Crippen molar-refractivity contribution in [3.05, 3.63) is 41.7 Å². The summed E-state index contributed by atoms with van der Waals surface area (Å²) in [5, 5.41) is 4.21. The zero-order chi connectivity index (χ0) is 13.0. The Labute approximate surface area is 105 Å². The zero-order valence-electron chi connectivity index (χ0n) is 10.3. The Kier molecular flexibility index (Phi) is 3.62. The van der Waals surface area contributed by atoms with Gasteiger partial charge in [-0.25, -0.2) is 0 Å². The SMILES string of the molecule is COc1cc(C=O)ccc1OCc1ccn(C)n1. The maximum Gasteiger partial charge on any atom is 0.161 e. The van der Waals surface area contributed by atoms with Crippen LogP contribution in [0, 0.1) is 0 Å². The number of aryl methyl sites for hydroxylation is 1. The molecule has 0 fully saturated rings. The van der Waals surface area contributed by atoms with Crippen LogP contribution in [0.4, 0.5) is 0 Å². The van der Waals surface area contributed by atoms with E-state index in [-0.39, 0.29) is 0 Å². The van der Waals surface area contributed by atoms with Gasteiger partial charge in [-0.3, -0.25) is 9.48 Å². The van der Waals surface area contributed by atoms with Crippen molar-refractivity contribution in [2.75, 3.05) is 7.11 Å². The van der Waals surface area contributed by atoms with Gasteiger partial charge in [-0.05, 0) is 24.3 Å². The lowest BCUT2D eigenvalue weighted by atomic mass is 10.2. The lowest BCUT2D eigenvalue weighted by Crippen LogP contribution is -2.00. The number of ether oxygens (including phenoxy) is 2. The number of nitrogens with zero attached hydrogens (tertiary/aromatic N) is 2. The van der Waals surface area contributed by atoms with Gasteiger partial charge in [0.25, 0.3) is 0 Å². The third-order valence-corrected chi connectivity index (χ3v) is 2.47. The third-order valence-electron chi connectivity index (χ3n) is 2.47. The van der Waals surface area contributed by atoms with E-state index in [0.29, 0.717) is 23.7 Å². The number of carbonyl (C=O) groups excluding carboxylic acids is 1. The van der Waals surface area contributed by atoms with E-state index in [1.807, 2.05) is 19.3 Å². The fourth-order valence-electron chi connectivity index (χ4n) is 1.57. The minimum atomic E-state index is 0.359. The lowest BCUT2D eigenvalue weighted by Gasteiger charge is -2.09. The summed E-state index contributed by atoms with van der Waals surface area (Å²) in [6.45, 7) is 0.359. The zero-order valence-corrected chi connectivity index (χ0v) is 10.3. The summed E-state index contributed by atoms with van der Waals surface area (Å²) in [4.78, 5) is 10.7. The van der Waals surface area contributed by atoms with E-state index in [9.17, 15) is 4.79 Å². The highest BCUT2D eigenvalue weighted by Gasteiger charge is 2.06. The molecule has 5 nitrogen and oxygen atoms in total. The fraction of sp³-hybridized carbons (Fsp3) is 0.231. The summed E-state index contributed by atoms with van der Waals surface area (Å²) in [5.41, 5.74) is 1.39. The highest BCUT2D eigenvalue weighted by Crippen LogP contribution is 2.28. The van der Waals surface area contributed by atoms with Crippen LogP contribution in [-0.4, -0.2) is 23.2 Å². The van der Waals surface area contributed by atoms with Gasteiger partial charge in [0, 0.05) is 18.8 Å². The molecule has 0 aliphatic heterocycles. The molecule has 0 bridgehead atoms. The van der Waals surface area contributed by atoms with E-state index in [1.165, 1.54) is 7.11 Å². The molecule has 0 spiro atoms. The predicted molar refractivity (Wildman–Crippen MR) is 65.9 cm³/mol. The molecule has 0 radical (unpaired) electrons. The molecular formula is C13H14N2O3. The fourth-order valence-corrected chi connectivity index (χ4v) is 1.57. The molecular weight excluding hydrogens is 232 g/mol. The number of aldehydes is 1. The summed E-state index contributed by atoms with van der Waals surface area (Å²) < 4.78 is 12.5. The van der Waals surface area contributed by atoms with Crippen LogP contribution in [0.15, 0.2) is 30.5 Å². The molecule has 2 rings (SSSR count). The van der Waals surface area contributed by atoms with E-state index in [4.69, 9.17) is 9.47 Å². The molecule has 18 heavy (non-hydrogen) atoms. The van der Waals surface area contributed by atoms with Crippen molar-refractivity contribution < 1.29 is 14.3 Å². The normalized spacial score (nSPS) is 10.1. The second-order valence-corrected chi connectivity index (χ2v) is 3.80. The first-order valence-electron chi connectivity index (χ1n) is 5.47. The first-order valence-corrected chi connectivity index (χ1v) is 5.47. The minimum absolute atomic E-state index is 0.359. The Hall–Kier alpha value is -2.30. The van der Waals surface area contributed by atoms with E-state index in [1.54, 1.807) is 22.9 Å². The first kappa shape index (κ1) is 12.2. The van der Waals surface area contributed by atoms with Crippen molar-refractivity contribution in [3.63, 3.8) is 0 Å². The van der Waals surface area contributed by atoms with Crippen LogP contribution in [-0.2, 0) is 13.7 Å². The Morgan fingerprint density at radius 2 is 2.17 bits per heavy atom. The van der Waals surface area contributed by atoms with Gasteiger partial charge < -0.3 is 9.47 Å². The smallest absolute Gasteiger partial charge is 0.161 e. The molecule has 0 amide bonds. The summed E-state index contributed by atoms with van der Waals surface area (Å²) in [5.74, 6) is 1.13. The number of aromatic nitrogens is 2. The molecule has 0 aliphatic rings. The van der Waals surface area contributed by atoms with Crippen LogP contribution < -0.4 is 9.47 Å². The van der Waals surface area contributed by atoms with Crippen LogP contribution in [0.1, 0.15) is 16.1 Å². The molecule has 0 unspecified atom stereocenters. The molecule has 5 heteroatoms. The van der Waals surface area contributed by atoms with E-state index in [0.717, 1.165) is 12.0 Å². The number of hydrogen-bond donors (Lipinski definition) is 0. The Morgan fingerprint density at radius 3 is 2.78 bits per heavy atom. The molecule has 0 saturated heterocycles. The third kappa shape index (κ3) is 2.68. The van der Waals surface area contributed by atoms with Gasteiger partial charge in [-0.1, -0.05) is 0 Å². The van der Waals surface area contributed by atoms with Crippen LogP contribution >= 0.6 is 0 Å². The quantitative estimate of drug-likeness (QED) is 0.755. The maximum atomic E-state index is 10.7. The van der Waals surface area contributed by atoms with Crippen LogP contribution in [0.3, 0.4) is 0 Å². The average molecular weight is 246 g/mol. The number of methoxy groups -OCH3 is 1. The van der Waals surface area contributed by atoms with Crippen molar-refractivity contribution in [1.82, 2.24) is 9.78 Å². The van der Waals surface area contributed by atoms with Crippen LogP contribution in [0.2, 0.25) is 0 Å². The predicted octanol–water partition coefficient (Wildman–Crippen LogP) is 1.82. The number of rotatable bonds is 5. The molecule has 94 valence electrons. The standard InChI is InChI=1S/C13H14N2O3/c1-15-6-5-11(14-15)9-18-12-4-3-10(8-16)7-13(12)17-2/h3-8H,9H2,1-2H3. The molecule has 2 aromatic rings. The van der Waals surface area contributed by atoms with Gasteiger partial charge in [-0.15, -0.1) is 0 Å². The number of hydrogen-bond acceptors (Lipinski definition) is 4. The van der Waals surface area contributed by atoms with Gasteiger partial charge in [0.05, 0.1) is 12.8 Å². The van der Waals surface area contributed by atoms with Gasteiger partial charge in [0.1, 0.15) is 12.9 Å². The van der Waals surface area contributed by atoms with Crippen molar-refractivity contribution in [3.8, 4) is 11.5 Å². The molecule has 1 heterocycles. The van der Waals surface area contributed by atoms with Crippen LogP contribution in [0.25, 0.3) is 0 Å². The van der Waals surface area contributed by atoms with E-state index >= 15 is 0 Å². The van der Waals surface area contributed by atoms with Crippen LogP contribution in [0.5, 0.6) is 11.5 Å². The van der Waals surface area contributed by atoms with Gasteiger partial charge in [0.15, 0.2) is 11.5 Å². The second-order valence-electron chi connectivity index (χ2n) is 3.80. The van der Waals surface area contributed by atoms with Gasteiger partial charge in [0.2, 0.25) is 0 Å². The number of benzene rings is 1. The van der Waals surface area contributed by atoms with E-state index < -0.39 is 0 Å². The minimum Gasteiger partial charge on any atom is -0.493 e. The second kappa shape index (κ2) is 5.35. The molecule has 0 N–H and O–H groups in total. The summed E-state index contributed by atoms with van der Waals surface area (Å²) >= 11 is 0. The number of carbonyl (C=O) groups is 1. The molecule has 1 aromatic heterocycles. The van der Waals surface area contributed by atoms with Gasteiger partial charge in [-0.2, -0.15) is 5.10 Å². The Bertz CT molecular complexity index is 549. The molecule has 0 atom stereocenters. The van der Waals surface area contributed by atoms with Crippen molar-refractivity contribution in [1.29, 1.82) is 0 Å². The molecule has 0 aliphatic carbocycles. The highest BCUT2D eigenvalue weighted by molar-refractivity contribution is 5.76. The monoisotopic (exact) mass is 246 g/mol. The molecule has 1 aromatic carbocycles. The van der Waals surface area contributed by atoms with Crippen molar-refractivity contribution in [2.24, 2.45) is 7.05 Å². The summed E-state index contributed by atoms with van der Waals surface area (Å²) in [7, 11) is 3.39. The Balaban J connectivity index is 2.11. The lowest BCUT2D eigenvalue weighted by molar-refractivity contribution is 0.112. The Morgan fingerprint density at radius 1 is 1.33 bits per heavy atom. The largest absolute Gasteiger partial charge is 0.493 e. The van der Waals surface area contributed by atoms with Gasteiger partial charge >= 0.3 is 0 Å². The van der Waals surface area contributed by atoms with Crippen molar-refractivity contribution >= 4 is 6.29 Å². The summed E-state index contributed by atoms with van der Waals surface area (Å²) in [6.07, 6.45) is 2.62. The maximum absolute atomic E-state index is 10.7. The summed E-state index contributed by atoms with van der Waals surface area (Å²) in [6, 6.07) is 6.92. The molecule has 0 saturated carbocycles. The van der Waals surface area contributed by atoms with E-state index in [2.05, 4.69) is 5.10 Å².